The lowest BCUT2D eigenvalue weighted by Gasteiger charge is -1.97. The maximum atomic E-state index is 10.0. The van der Waals surface area contributed by atoms with E-state index in [9.17, 15) is 9.90 Å². The van der Waals surface area contributed by atoms with Crippen LogP contribution in [0.3, 0.4) is 0 Å². The monoisotopic (exact) mass is 214 g/mol. The molecule has 1 aromatic rings. The van der Waals surface area contributed by atoms with Gasteiger partial charge in [0.2, 0.25) is 0 Å². The lowest BCUT2D eigenvalue weighted by molar-refractivity contribution is 0.185. The van der Waals surface area contributed by atoms with Crippen LogP contribution in [-0.4, -0.2) is 6.09 Å². The number of amides is 1. The Kier molecular flexibility index (Phi) is 2.48. The number of anilines is 1. The summed E-state index contributed by atoms with van der Waals surface area (Å²) in [6.45, 7) is 0. The van der Waals surface area contributed by atoms with E-state index >= 15 is 0 Å². The van der Waals surface area contributed by atoms with Crippen LogP contribution in [0.25, 0.3) is 0 Å². The van der Waals surface area contributed by atoms with Crippen LogP contribution in [0.5, 0.6) is 0 Å². The van der Waals surface area contributed by atoms with Crippen molar-refractivity contribution in [3.05, 3.63) is 28.7 Å². The number of carbonyl (C=O) groups is 1. The third kappa shape index (κ3) is 2.59. The van der Waals surface area contributed by atoms with Crippen LogP contribution in [0.1, 0.15) is 0 Å². The molecule has 3 nitrogen and oxygen atoms in total. The molecule has 1 rings (SSSR count). The molecule has 4 heteroatoms. The van der Waals surface area contributed by atoms with Gasteiger partial charge in [0.25, 0.3) is 0 Å². The van der Waals surface area contributed by atoms with Crippen molar-refractivity contribution in [1.82, 2.24) is 0 Å². The fourth-order valence-corrected chi connectivity index (χ4v) is 1.08. The van der Waals surface area contributed by atoms with E-state index in [1.165, 1.54) is 0 Å². The molecule has 0 bridgehead atoms. The summed E-state index contributed by atoms with van der Waals surface area (Å²) in [6.07, 6.45) is -1.30. The summed E-state index contributed by atoms with van der Waals surface area (Å²) < 4.78 is 0.823. The van der Waals surface area contributed by atoms with E-state index in [1.54, 1.807) is 24.3 Å². The van der Waals surface area contributed by atoms with Gasteiger partial charge in [-0.3, -0.25) is 5.32 Å². The zero-order valence-corrected chi connectivity index (χ0v) is 7.09. The molecule has 0 aliphatic carbocycles. The highest BCUT2D eigenvalue weighted by atomic mass is 79.9. The molecule has 0 unspecified atom stereocenters. The molecule has 0 saturated heterocycles. The number of benzene rings is 1. The van der Waals surface area contributed by atoms with E-state index < -0.39 is 6.09 Å². The van der Waals surface area contributed by atoms with Crippen molar-refractivity contribution >= 4 is 27.7 Å². The van der Waals surface area contributed by atoms with Gasteiger partial charge >= 0.3 is 6.09 Å². The number of hydrogen-bond acceptors (Lipinski definition) is 1. The number of carbonyl (C=O) groups excluding carboxylic acids is 1. The second-order valence-electron chi connectivity index (χ2n) is 1.92. The SMILES string of the molecule is [O]C(=O)Nc1cccc(Br)c1. The Morgan fingerprint density at radius 3 is 2.73 bits per heavy atom. The summed E-state index contributed by atoms with van der Waals surface area (Å²) >= 11 is 3.20. The Morgan fingerprint density at radius 2 is 2.18 bits per heavy atom. The molecule has 1 radical (unpaired) electrons. The van der Waals surface area contributed by atoms with E-state index in [2.05, 4.69) is 21.2 Å². The zero-order valence-electron chi connectivity index (χ0n) is 5.50. The highest BCUT2D eigenvalue weighted by Gasteiger charge is 1.98. The third-order valence-electron chi connectivity index (χ3n) is 1.07. The minimum absolute atomic E-state index is 0.499. The number of rotatable bonds is 1. The van der Waals surface area contributed by atoms with Crippen LogP contribution in [0.15, 0.2) is 28.7 Å². The van der Waals surface area contributed by atoms with Crippen molar-refractivity contribution in [2.24, 2.45) is 0 Å². The van der Waals surface area contributed by atoms with Crippen LogP contribution in [0.4, 0.5) is 10.5 Å². The standard InChI is InChI=1S/C7H5BrNO2/c8-5-2-1-3-6(4-5)9-7(10)11/h1-4,9H. The predicted octanol–water partition coefficient (Wildman–Crippen LogP) is 2.41. The predicted molar refractivity (Wildman–Crippen MR) is 43.8 cm³/mol. The Balaban J connectivity index is 2.79. The van der Waals surface area contributed by atoms with E-state index in [-0.39, 0.29) is 0 Å². The molecule has 11 heavy (non-hydrogen) atoms. The fraction of sp³-hybridized carbons (Fsp3) is 0. The van der Waals surface area contributed by atoms with Gasteiger partial charge in [-0.15, -0.1) is 0 Å². The molecular weight excluding hydrogens is 210 g/mol. The van der Waals surface area contributed by atoms with E-state index in [4.69, 9.17) is 0 Å². The Hall–Kier alpha value is -1.03. The van der Waals surface area contributed by atoms with Crippen LogP contribution < -0.4 is 5.32 Å². The smallest absolute Gasteiger partial charge is 0.288 e. The van der Waals surface area contributed by atoms with Gasteiger partial charge in [-0.1, -0.05) is 22.0 Å². The largest absolute Gasteiger partial charge is 0.454 e. The average molecular weight is 215 g/mol. The number of halogens is 1. The first-order chi connectivity index (χ1) is 5.18. The minimum atomic E-state index is -1.30. The van der Waals surface area contributed by atoms with Gasteiger partial charge in [0, 0.05) is 10.2 Å². The zero-order chi connectivity index (χ0) is 8.27. The molecule has 1 aromatic carbocycles. The first-order valence-electron chi connectivity index (χ1n) is 2.92. The van der Waals surface area contributed by atoms with E-state index in [0.717, 1.165) is 4.47 Å². The fourth-order valence-electron chi connectivity index (χ4n) is 0.684. The van der Waals surface area contributed by atoms with Gasteiger partial charge in [-0.2, -0.15) is 0 Å². The highest BCUT2D eigenvalue weighted by molar-refractivity contribution is 9.10. The number of nitrogens with one attached hydrogen (secondary N) is 1. The van der Waals surface area contributed by atoms with Gasteiger partial charge in [-0.05, 0) is 18.2 Å². The van der Waals surface area contributed by atoms with Gasteiger partial charge in [-0.25, -0.2) is 9.90 Å². The van der Waals surface area contributed by atoms with Gasteiger partial charge in [0.15, 0.2) is 0 Å². The van der Waals surface area contributed by atoms with Gasteiger partial charge < -0.3 is 0 Å². The molecular formula is C7H5BrNO2. The topological polar surface area (TPSA) is 49.0 Å². The maximum absolute atomic E-state index is 10.0. The van der Waals surface area contributed by atoms with Crippen LogP contribution in [0, 0.1) is 0 Å². The molecule has 0 heterocycles. The molecule has 0 atom stereocenters. The molecule has 1 N–H and O–H groups in total. The van der Waals surface area contributed by atoms with Crippen LogP contribution >= 0.6 is 15.9 Å². The first kappa shape index (κ1) is 8.07. The molecule has 0 aliphatic rings. The lowest BCUT2D eigenvalue weighted by atomic mass is 10.3. The van der Waals surface area contributed by atoms with Gasteiger partial charge in [0.05, 0.1) is 0 Å². The molecule has 0 aromatic heterocycles. The molecule has 0 spiro atoms. The van der Waals surface area contributed by atoms with Gasteiger partial charge in [0.1, 0.15) is 0 Å². The highest BCUT2D eigenvalue weighted by Crippen LogP contribution is 2.15. The molecule has 1 amide bonds. The van der Waals surface area contributed by atoms with Crippen molar-refractivity contribution in [2.45, 2.75) is 0 Å². The summed E-state index contributed by atoms with van der Waals surface area (Å²) in [5.74, 6) is 0. The Bertz CT molecular complexity index is 275. The molecule has 0 aliphatic heterocycles. The van der Waals surface area contributed by atoms with Crippen LogP contribution in [0.2, 0.25) is 0 Å². The molecule has 0 fully saturated rings. The van der Waals surface area contributed by atoms with Crippen molar-refractivity contribution in [3.8, 4) is 0 Å². The summed E-state index contributed by atoms with van der Waals surface area (Å²) in [7, 11) is 0. The summed E-state index contributed by atoms with van der Waals surface area (Å²) in [5, 5.41) is 12.2. The van der Waals surface area contributed by atoms with Crippen molar-refractivity contribution in [3.63, 3.8) is 0 Å². The quantitative estimate of drug-likeness (QED) is 0.768. The maximum Gasteiger partial charge on any atom is 0.454 e. The average Bonchev–Trinajstić information content (AvgIpc) is 1.85. The van der Waals surface area contributed by atoms with E-state index in [1.807, 2.05) is 0 Å². The second-order valence-corrected chi connectivity index (χ2v) is 2.84. The van der Waals surface area contributed by atoms with Crippen molar-refractivity contribution in [1.29, 1.82) is 0 Å². The number of hydrogen-bond donors (Lipinski definition) is 1. The van der Waals surface area contributed by atoms with Crippen molar-refractivity contribution < 1.29 is 9.90 Å². The lowest BCUT2D eigenvalue weighted by Crippen LogP contribution is -2.04. The van der Waals surface area contributed by atoms with E-state index in [0.29, 0.717) is 5.69 Å². The molecule has 0 saturated carbocycles. The summed E-state index contributed by atoms with van der Waals surface area (Å²) in [6, 6.07) is 6.83. The Labute approximate surface area is 72.2 Å². The molecule has 57 valence electrons. The van der Waals surface area contributed by atoms with Crippen molar-refractivity contribution in [2.75, 3.05) is 5.32 Å². The third-order valence-corrected chi connectivity index (χ3v) is 1.56. The second kappa shape index (κ2) is 3.39. The van der Waals surface area contributed by atoms with Crippen LogP contribution in [-0.2, 0) is 5.11 Å². The normalized spacial score (nSPS) is 9.18. The summed E-state index contributed by atoms with van der Waals surface area (Å²) in [5.41, 5.74) is 0.499. The first-order valence-corrected chi connectivity index (χ1v) is 3.71. The Morgan fingerprint density at radius 1 is 1.45 bits per heavy atom. The minimum Gasteiger partial charge on any atom is -0.288 e. The summed E-state index contributed by atoms with van der Waals surface area (Å²) in [4.78, 5) is 10.0.